The van der Waals surface area contributed by atoms with Crippen LogP contribution in [0, 0.1) is 5.82 Å². The Morgan fingerprint density at radius 1 is 0.838 bits per heavy atom. The highest BCUT2D eigenvalue weighted by Crippen LogP contribution is 2.34. The molecule has 0 bridgehead atoms. The van der Waals surface area contributed by atoms with E-state index >= 15 is 0 Å². The number of β-amino-alcohol motifs (C(OH)–C–C–N with tert-alkyl or cyclic N) is 1. The average Bonchev–Trinajstić information content (AvgIpc) is 3.36. The molecule has 2 unspecified atom stereocenters. The molecule has 1 aliphatic heterocycles. The molecule has 1 aliphatic rings. The molecule has 2 heterocycles. The van der Waals surface area contributed by atoms with Crippen molar-refractivity contribution in [2.75, 3.05) is 39.8 Å². The highest BCUT2D eigenvalue weighted by molar-refractivity contribution is 5.69. The normalized spacial score (nSPS) is 16.5. The maximum absolute atomic E-state index is 15.0. The van der Waals surface area contributed by atoms with Crippen molar-refractivity contribution in [3.05, 3.63) is 96.4 Å². The lowest BCUT2D eigenvalue weighted by Crippen LogP contribution is -2.47. The fourth-order valence-electron chi connectivity index (χ4n) is 4.94. The zero-order valence-electron chi connectivity index (χ0n) is 21.0. The third-order valence-corrected chi connectivity index (χ3v) is 7.06. The van der Waals surface area contributed by atoms with Crippen molar-refractivity contribution in [1.29, 1.82) is 0 Å². The number of aliphatic hydroxyl groups is 2. The smallest absolute Gasteiger partial charge is 0.132 e. The van der Waals surface area contributed by atoms with Crippen LogP contribution in [0.1, 0.15) is 18.1 Å². The van der Waals surface area contributed by atoms with Crippen LogP contribution >= 0.6 is 0 Å². The minimum atomic E-state index is -0.991. The van der Waals surface area contributed by atoms with Crippen molar-refractivity contribution in [2.45, 2.75) is 18.6 Å². The SMILES string of the molecule is CN1CCN(CC(O)CC(O)c2cnn(-c3ccc(-c4ccccc4)cc3)c2-c2ccccc2F)CC1. The number of hydrogen-bond acceptors (Lipinski definition) is 5. The van der Waals surface area contributed by atoms with E-state index in [9.17, 15) is 14.6 Å². The molecule has 192 valence electrons. The Labute approximate surface area is 217 Å². The summed E-state index contributed by atoms with van der Waals surface area (Å²) in [7, 11) is 2.09. The lowest BCUT2D eigenvalue weighted by molar-refractivity contribution is 0.0407. The molecule has 7 heteroatoms. The first-order chi connectivity index (χ1) is 18.0. The maximum atomic E-state index is 15.0. The van der Waals surface area contributed by atoms with Gasteiger partial charge in [-0.05, 0) is 42.4 Å². The average molecular weight is 501 g/mol. The van der Waals surface area contributed by atoms with Gasteiger partial charge in [0.15, 0.2) is 0 Å². The molecule has 0 saturated carbocycles. The Hall–Kier alpha value is -3.36. The Kier molecular flexibility index (Phi) is 7.76. The molecule has 2 atom stereocenters. The Balaban J connectivity index is 1.42. The minimum Gasteiger partial charge on any atom is -0.392 e. The van der Waals surface area contributed by atoms with E-state index in [-0.39, 0.29) is 6.42 Å². The molecule has 6 nitrogen and oxygen atoms in total. The second-order valence-electron chi connectivity index (χ2n) is 9.76. The van der Waals surface area contributed by atoms with Crippen molar-refractivity contribution in [2.24, 2.45) is 0 Å². The highest BCUT2D eigenvalue weighted by atomic mass is 19.1. The zero-order valence-corrected chi connectivity index (χ0v) is 21.0. The summed E-state index contributed by atoms with van der Waals surface area (Å²) in [6.45, 7) is 4.20. The molecule has 1 fully saturated rings. The van der Waals surface area contributed by atoms with Crippen molar-refractivity contribution in [1.82, 2.24) is 19.6 Å². The first-order valence-corrected chi connectivity index (χ1v) is 12.8. The molecule has 0 aliphatic carbocycles. The lowest BCUT2D eigenvalue weighted by Gasteiger charge is -2.33. The molecule has 2 N–H and O–H groups in total. The van der Waals surface area contributed by atoms with E-state index in [4.69, 9.17) is 0 Å². The molecule has 37 heavy (non-hydrogen) atoms. The number of nitrogens with zero attached hydrogens (tertiary/aromatic N) is 4. The van der Waals surface area contributed by atoms with Gasteiger partial charge in [-0.3, -0.25) is 4.90 Å². The van der Waals surface area contributed by atoms with Crippen molar-refractivity contribution in [3.8, 4) is 28.1 Å². The van der Waals surface area contributed by atoms with Crippen LogP contribution in [0.5, 0.6) is 0 Å². The van der Waals surface area contributed by atoms with Gasteiger partial charge in [0.25, 0.3) is 0 Å². The standard InChI is InChI=1S/C30H33FN4O2/c1-33-15-17-34(18-16-33)21-25(36)19-29(37)27-20-32-35(30(27)26-9-5-6-10-28(26)31)24-13-11-23(12-14-24)22-7-3-2-4-8-22/h2-14,20,25,29,36-37H,15-19,21H2,1H3. The predicted molar refractivity (Wildman–Crippen MR) is 144 cm³/mol. The molecule has 0 spiro atoms. The third-order valence-electron chi connectivity index (χ3n) is 7.06. The van der Waals surface area contributed by atoms with Crippen LogP contribution in [0.25, 0.3) is 28.1 Å². The van der Waals surface area contributed by atoms with Crippen LogP contribution in [0.2, 0.25) is 0 Å². The topological polar surface area (TPSA) is 64.8 Å². The van der Waals surface area contributed by atoms with Crippen LogP contribution in [0.4, 0.5) is 4.39 Å². The van der Waals surface area contributed by atoms with Crippen molar-refractivity contribution in [3.63, 3.8) is 0 Å². The monoisotopic (exact) mass is 500 g/mol. The number of hydrogen-bond donors (Lipinski definition) is 2. The molecule has 5 rings (SSSR count). The lowest BCUT2D eigenvalue weighted by atomic mass is 9.99. The van der Waals surface area contributed by atoms with Crippen LogP contribution < -0.4 is 0 Å². The van der Waals surface area contributed by atoms with Gasteiger partial charge in [0.05, 0.1) is 29.8 Å². The number of halogens is 1. The molecule has 1 aromatic heterocycles. The van der Waals surface area contributed by atoms with Crippen LogP contribution in [-0.2, 0) is 0 Å². The Morgan fingerprint density at radius 3 is 2.19 bits per heavy atom. The Morgan fingerprint density at radius 2 is 1.49 bits per heavy atom. The number of benzene rings is 3. The molecule has 1 saturated heterocycles. The number of aromatic nitrogens is 2. The molecule has 0 amide bonds. The third kappa shape index (κ3) is 5.81. The number of likely N-dealkylation sites (N-methyl/N-ethyl adjacent to an activating group) is 1. The fourth-order valence-corrected chi connectivity index (χ4v) is 4.94. The number of aliphatic hydroxyl groups excluding tert-OH is 2. The van der Waals surface area contributed by atoms with Gasteiger partial charge in [0.1, 0.15) is 5.82 Å². The first-order valence-electron chi connectivity index (χ1n) is 12.8. The molecule has 3 aromatic carbocycles. The summed E-state index contributed by atoms with van der Waals surface area (Å²) in [6, 6.07) is 24.5. The largest absolute Gasteiger partial charge is 0.392 e. The maximum Gasteiger partial charge on any atom is 0.132 e. The second-order valence-corrected chi connectivity index (χ2v) is 9.76. The van der Waals surface area contributed by atoms with Gasteiger partial charge in [-0.2, -0.15) is 5.10 Å². The minimum absolute atomic E-state index is 0.145. The predicted octanol–water partition coefficient (Wildman–Crippen LogP) is 4.38. The van der Waals surface area contributed by atoms with Gasteiger partial charge in [-0.25, -0.2) is 9.07 Å². The summed E-state index contributed by atoms with van der Waals surface area (Å²) >= 11 is 0. The summed E-state index contributed by atoms with van der Waals surface area (Å²) < 4.78 is 16.7. The Bertz CT molecular complexity index is 1300. The fraction of sp³-hybridized carbons (Fsp3) is 0.300. The van der Waals surface area contributed by atoms with Gasteiger partial charge in [0, 0.05) is 50.3 Å². The molecular weight excluding hydrogens is 467 g/mol. The summed E-state index contributed by atoms with van der Waals surface area (Å²) in [5.74, 6) is -0.392. The molecular formula is C30H33FN4O2. The van der Waals surface area contributed by atoms with Crippen LogP contribution in [0.3, 0.4) is 0 Å². The van der Waals surface area contributed by atoms with E-state index in [1.54, 1.807) is 29.1 Å². The van der Waals surface area contributed by atoms with E-state index in [1.807, 2.05) is 42.5 Å². The number of rotatable bonds is 8. The zero-order chi connectivity index (χ0) is 25.8. The first kappa shape index (κ1) is 25.3. The molecule has 0 radical (unpaired) electrons. The summed E-state index contributed by atoms with van der Waals surface area (Å²) in [6.07, 6.45) is 0.0295. The quantitative estimate of drug-likeness (QED) is 0.376. The van der Waals surface area contributed by atoms with E-state index in [0.717, 1.165) is 43.0 Å². The van der Waals surface area contributed by atoms with Gasteiger partial charge >= 0.3 is 0 Å². The second kappa shape index (κ2) is 11.4. The van der Waals surface area contributed by atoms with Gasteiger partial charge < -0.3 is 15.1 Å². The van der Waals surface area contributed by atoms with Gasteiger partial charge in [-0.1, -0.05) is 54.6 Å². The number of piperazine rings is 1. The van der Waals surface area contributed by atoms with Crippen molar-refractivity contribution >= 4 is 0 Å². The summed E-state index contributed by atoms with van der Waals surface area (Å²) in [4.78, 5) is 4.48. The van der Waals surface area contributed by atoms with Gasteiger partial charge in [0.2, 0.25) is 0 Å². The van der Waals surface area contributed by atoms with E-state index in [0.29, 0.717) is 23.4 Å². The van der Waals surface area contributed by atoms with Crippen molar-refractivity contribution < 1.29 is 14.6 Å². The summed E-state index contributed by atoms with van der Waals surface area (Å²) in [5, 5.41) is 26.5. The van der Waals surface area contributed by atoms with Crippen LogP contribution in [0.15, 0.2) is 85.1 Å². The van der Waals surface area contributed by atoms with E-state index < -0.39 is 18.0 Å². The van der Waals surface area contributed by atoms with E-state index in [2.05, 4.69) is 34.1 Å². The highest BCUT2D eigenvalue weighted by Gasteiger charge is 2.25. The molecule has 4 aromatic rings. The summed E-state index contributed by atoms with van der Waals surface area (Å²) in [5.41, 5.74) is 4.27. The van der Waals surface area contributed by atoms with Crippen LogP contribution in [-0.4, -0.2) is 75.7 Å². The van der Waals surface area contributed by atoms with Gasteiger partial charge in [-0.15, -0.1) is 0 Å². The van der Waals surface area contributed by atoms with E-state index in [1.165, 1.54) is 6.07 Å².